The number of carboxylic acids is 1. The second kappa shape index (κ2) is 5.02. The van der Waals surface area contributed by atoms with Crippen LogP contribution in [0.15, 0.2) is 18.2 Å². The van der Waals surface area contributed by atoms with Crippen molar-refractivity contribution in [2.24, 2.45) is 5.92 Å². The van der Waals surface area contributed by atoms with Crippen LogP contribution in [-0.4, -0.2) is 23.2 Å². The lowest BCUT2D eigenvalue weighted by Crippen LogP contribution is -2.20. The zero-order valence-corrected chi connectivity index (χ0v) is 12.5. The highest BCUT2D eigenvalue weighted by molar-refractivity contribution is 6.04. The predicted molar refractivity (Wildman–Crippen MR) is 81.2 cm³/mol. The van der Waals surface area contributed by atoms with Crippen molar-refractivity contribution in [3.05, 3.63) is 35.0 Å². The van der Waals surface area contributed by atoms with Crippen molar-refractivity contribution in [3.63, 3.8) is 0 Å². The van der Waals surface area contributed by atoms with Crippen molar-refractivity contribution in [2.45, 2.75) is 32.6 Å². The summed E-state index contributed by atoms with van der Waals surface area (Å²) in [4.78, 5) is 16.6. The predicted octanol–water partition coefficient (Wildman–Crippen LogP) is 3.63. The molecule has 0 bridgehead atoms. The van der Waals surface area contributed by atoms with Crippen molar-refractivity contribution in [2.75, 3.05) is 7.11 Å². The third-order valence-corrected chi connectivity index (χ3v) is 4.31. The molecule has 1 aromatic heterocycles. The maximum absolute atomic E-state index is 11.8. The number of nitrogens with zero attached hydrogens (tertiary/aromatic N) is 1. The van der Waals surface area contributed by atoms with E-state index in [0.29, 0.717) is 22.6 Å². The fourth-order valence-electron chi connectivity index (χ4n) is 3.49. The van der Waals surface area contributed by atoms with Crippen molar-refractivity contribution in [1.29, 1.82) is 0 Å². The normalized spacial score (nSPS) is 21.1. The van der Waals surface area contributed by atoms with Gasteiger partial charge in [-0.3, -0.25) is 4.98 Å². The van der Waals surface area contributed by atoms with Gasteiger partial charge < -0.3 is 9.84 Å². The van der Waals surface area contributed by atoms with Gasteiger partial charge in [0.1, 0.15) is 5.75 Å². The molecule has 1 N–H and O–H groups in total. The van der Waals surface area contributed by atoms with E-state index < -0.39 is 5.97 Å². The highest BCUT2D eigenvalue weighted by atomic mass is 16.5. The fourth-order valence-corrected chi connectivity index (χ4v) is 3.49. The van der Waals surface area contributed by atoms with Gasteiger partial charge in [-0.2, -0.15) is 0 Å². The third kappa shape index (κ3) is 2.24. The summed E-state index contributed by atoms with van der Waals surface area (Å²) in [6, 6.07) is 5.44. The highest BCUT2D eigenvalue weighted by Crippen LogP contribution is 2.39. The number of hydrogen-bond donors (Lipinski definition) is 1. The molecule has 0 spiro atoms. The Morgan fingerprint density at radius 2 is 2.14 bits per heavy atom. The zero-order chi connectivity index (χ0) is 15.1. The van der Waals surface area contributed by atoms with Crippen LogP contribution < -0.4 is 4.74 Å². The van der Waals surface area contributed by atoms with Crippen LogP contribution in [0.4, 0.5) is 0 Å². The highest BCUT2D eigenvalue weighted by Gasteiger charge is 2.29. The second-order valence-corrected chi connectivity index (χ2v) is 5.98. The van der Waals surface area contributed by atoms with Crippen molar-refractivity contribution < 1.29 is 14.6 Å². The molecule has 0 amide bonds. The summed E-state index contributed by atoms with van der Waals surface area (Å²) < 4.78 is 5.22. The van der Waals surface area contributed by atoms with Gasteiger partial charge in [0.25, 0.3) is 0 Å². The summed E-state index contributed by atoms with van der Waals surface area (Å²) in [7, 11) is 1.58. The summed E-state index contributed by atoms with van der Waals surface area (Å²) in [5, 5.41) is 10.4. The molecule has 0 saturated heterocycles. The summed E-state index contributed by atoms with van der Waals surface area (Å²) in [6.07, 6.45) is 1.85. The molecule has 0 radical (unpaired) electrons. The van der Waals surface area contributed by atoms with E-state index in [2.05, 4.69) is 13.8 Å². The Hall–Kier alpha value is -2.10. The average molecular weight is 285 g/mol. The number of pyridine rings is 1. The summed E-state index contributed by atoms with van der Waals surface area (Å²) >= 11 is 0. The number of benzene rings is 1. The smallest absolute Gasteiger partial charge is 0.336 e. The SMILES string of the molecule is COc1ccc2nc3c(c(C(=O)O)c2c1)C(C)CC(C)C3. The molecule has 2 aromatic rings. The lowest BCUT2D eigenvalue weighted by atomic mass is 9.78. The lowest BCUT2D eigenvalue weighted by molar-refractivity contribution is 0.0696. The maximum Gasteiger partial charge on any atom is 0.336 e. The molecule has 1 aliphatic carbocycles. The molecule has 0 saturated carbocycles. The Balaban J connectivity index is 2.37. The van der Waals surface area contributed by atoms with E-state index >= 15 is 0 Å². The Morgan fingerprint density at radius 3 is 2.81 bits per heavy atom. The van der Waals surface area contributed by atoms with Crippen molar-refractivity contribution in [1.82, 2.24) is 4.98 Å². The molecule has 21 heavy (non-hydrogen) atoms. The Morgan fingerprint density at radius 1 is 1.38 bits per heavy atom. The number of methoxy groups -OCH3 is 1. The standard InChI is InChI=1S/C17H19NO3/c1-9-6-10(2)15-14(7-9)18-13-5-4-11(21-3)8-12(13)16(15)17(19)20/h4-5,8-10H,6-7H2,1-3H3,(H,19,20). The monoisotopic (exact) mass is 285 g/mol. The molecule has 2 atom stereocenters. The van der Waals surface area contributed by atoms with Gasteiger partial charge in [0, 0.05) is 11.1 Å². The molecule has 4 nitrogen and oxygen atoms in total. The minimum absolute atomic E-state index is 0.220. The van der Waals surface area contributed by atoms with E-state index in [1.807, 2.05) is 12.1 Å². The fraction of sp³-hybridized carbons (Fsp3) is 0.412. The number of ether oxygens (including phenoxy) is 1. The number of rotatable bonds is 2. The Labute approximate surface area is 123 Å². The molecule has 4 heteroatoms. The van der Waals surface area contributed by atoms with Gasteiger partial charge in [0.05, 0.1) is 18.2 Å². The van der Waals surface area contributed by atoms with Gasteiger partial charge >= 0.3 is 5.97 Å². The second-order valence-electron chi connectivity index (χ2n) is 5.98. The number of aromatic nitrogens is 1. The van der Waals surface area contributed by atoms with Gasteiger partial charge in [-0.15, -0.1) is 0 Å². The first-order chi connectivity index (χ1) is 10.0. The van der Waals surface area contributed by atoms with Crippen LogP contribution in [0.25, 0.3) is 10.9 Å². The first-order valence-electron chi connectivity index (χ1n) is 7.25. The third-order valence-electron chi connectivity index (χ3n) is 4.31. The molecule has 2 unspecified atom stereocenters. The van der Waals surface area contributed by atoms with Gasteiger partial charge in [-0.1, -0.05) is 13.8 Å². The van der Waals surface area contributed by atoms with Gasteiger partial charge in [0.15, 0.2) is 0 Å². The Bertz CT molecular complexity index is 724. The molecule has 3 rings (SSSR count). The van der Waals surface area contributed by atoms with Gasteiger partial charge in [0.2, 0.25) is 0 Å². The molecule has 1 aromatic carbocycles. The number of carboxylic acid groups (broad SMARTS) is 1. The lowest BCUT2D eigenvalue weighted by Gasteiger charge is -2.28. The number of hydrogen-bond acceptors (Lipinski definition) is 3. The maximum atomic E-state index is 11.8. The van der Waals surface area contributed by atoms with E-state index in [9.17, 15) is 9.90 Å². The van der Waals surface area contributed by atoms with E-state index in [-0.39, 0.29) is 5.92 Å². The summed E-state index contributed by atoms with van der Waals surface area (Å²) in [5.41, 5.74) is 2.97. The van der Waals surface area contributed by atoms with E-state index in [4.69, 9.17) is 9.72 Å². The first kappa shape index (κ1) is 13.9. The van der Waals surface area contributed by atoms with Gasteiger partial charge in [-0.25, -0.2) is 4.79 Å². The number of carbonyl (C=O) groups is 1. The van der Waals surface area contributed by atoms with Crippen LogP contribution in [-0.2, 0) is 6.42 Å². The van der Waals surface area contributed by atoms with E-state index in [0.717, 1.165) is 29.6 Å². The molecule has 1 heterocycles. The van der Waals surface area contributed by atoms with E-state index in [1.54, 1.807) is 13.2 Å². The van der Waals surface area contributed by atoms with Gasteiger partial charge in [-0.05, 0) is 48.4 Å². The Kier molecular flexibility index (Phi) is 3.32. The zero-order valence-electron chi connectivity index (χ0n) is 12.5. The van der Waals surface area contributed by atoms with Crippen LogP contribution >= 0.6 is 0 Å². The number of fused-ring (bicyclic) bond motifs is 2. The average Bonchev–Trinajstić information content (AvgIpc) is 2.43. The first-order valence-corrected chi connectivity index (χ1v) is 7.25. The van der Waals surface area contributed by atoms with Crippen LogP contribution in [0, 0.1) is 5.92 Å². The minimum Gasteiger partial charge on any atom is -0.497 e. The largest absolute Gasteiger partial charge is 0.497 e. The molecule has 0 aliphatic heterocycles. The summed E-state index contributed by atoms with van der Waals surface area (Å²) in [5.74, 6) is 0.534. The topological polar surface area (TPSA) is 59.4 Å². The van der Waals surface area contributed by atoms with E-state index in [1.165, 1.54) is 0 Å². The molecular weight excluding hydrogens is 266 g/mol. The van der Waals surface area contributed by atoms with Crippen LogP contribution in [0.5, 0.6) is 5.75 Å². The van der Waals surface area contributed by atoms with Crippen LogP contribution in [0.3, 0.4) is 0 Å². The molecule has 1 aliphatic rings. The van der Waals surface area contributed by atoms with Crippen LogP contribution in [0.2, 0.25) is 0 Å². The molecule has 0 fully saturated rings. The minimum atomic E-state index is -0.881. The van der Waals surface area contributed by atoms with Crippen molar-refractivity contribution >= 4 is 16.9 Å². The quantitative estimate of drug-likeness (QED) is 0.915. The summed E-state index contributed by atoms with van der Waals surface area (Å²) in [6.45, 7) is 4.29. The number of aromatic carboxylic acids is 1. The van der Waals surface area contributed by atoms with Crippen molar-refractivity contribution in [3.8, 4) is 5.75 Å². The molecule has 110 valence electrons. The van der Waals surface area contributed by atoms with Crippen LogP contribution in [0.1, 0.15) is 47.8 Å². The molecular formula is C17H19NO3.